The number of rotatable bonds is 2. The molecule has 6 heteroatoms. The summed E-state index contributed by atoms with van der Waals surface area (Å²) < 4.78 is 25.3. The highest BCUT2D eigenvalue weighted by Crippen LogP contribution is 2.20. The van der Waals surface area contributed by atoms with Crippen LogP contribution in [-0.2, 0) is 6.42 Å². The van der Waals surface area contributed by atoms with Crippen LogP contribution in [-0.4, -0.2) is 4.98 Å². The van der Waals surface area contributed by atoms with Crippen LogP contribution in [0.1, 0.15) is 17.6 Å². The van der Waals surface area contributed by atoms with Crippen LogP contribution >= 0.6 is 22.6 Å². The molecule has 1 rings (SSSR count). The van der Waals surface area contributed by atoms with E-state index in [1.165, 1.54) is 6.07 Å². The monoisotopic (exact) mass is 310 g/mol. The normalized spacial score (nSPS) is 10.2. The Labute approximate surface area is 91.9 Å². The van der Waals surface area contributed by atoms with Gasteiger partial charge in [0.05, 0.1) is 21.8 Å². The molecule has 74 valence electrons. The van der Waals surface area contributed by atoms with Crippen molar-refractivity contribution in [2.45, 2.75) is 12.8 Å². The van der Waals surface area contributed by atoms with E-state index in [9.17, 15) is 13.6 Å². The summed E-state index contributed by atoms with van der Waals surface area (Å²) in [6.45, 7) is 0. The SMILES string of the molecule is N#CCc1cc(I)[nH]c(=O)c1C(F)F. The molecule has 0 aromatic carbocycles. The molecular formula is C8H5F2IN2O. The van der Waals surface area contributed by atoms with Crippen LogP contribution in [0.25, 0.3) is 0 Å². The van der Waals surface area contributed by atoms with Gasteiger partial charge in [-0.05, 0) is 34.2 Å². The van der Waals surface area contributed by atoms with Gasteiger partial charge in [0.2, 0.25) is 0 Å². The van der Waals surface area contributed by atoms with Crippen LogP contribution < -0.4 is 5.56 Å². The van der Waals surface area contributed by atoms with Crippen molar-refractivity contribution in [2.24, 2.45) is 0 Å². The van der Waals surface area contributed by atoms with Crippen LogP contribution in [0.2, 0.25) is 0 Å². The molecule has 1 N–H and O–H groups in total. The van der Waals surface area contributed by atoms with Gasteiger partial charge in [-0.3, -0.25) is 4.79 Å². The van der Waals surface area contributed by atoms with Gasteiger partial charge in [-0.15, -0.1) is 0 Å². The Kier molecular flexibility index (Phi) is 3.57. The molecule has 0 spiro atoms. The Morgan fingerprint density at radius 3 is 2.79 bits per heavy atom. The van der Waals surface area contributed by atoms with Crippen molar-refractivity contribution < 1.29 is 8.78 Å². The zero-order valence-corrected chi connectivity index (χ0v) is 9.01. The second kappa shape index (κ2) is 4.50. The number of nitrogens with one attached hydrogen (secondary N) is 1. The predicted molar refractivity (Wildman–Crippen MR) is 54.1 cm³/mol. The fourth-order valence-corrected chi connectivity index (χ4v) is 1.68. The maximum absolute atomic E-state index is 12.4. The van der Waals surface area contributed by atoms with Crippen molar-refractivity contribution in [3.63, 3.8) is 0 Å². The number of hydrogen-bond donors (Lipinski definition) is 1. The van der Waals surface area contributed by atoms with E-state index >= 15 is 0 Å². The number of nitrogens with zero attached hydrogens (tertiary/aromatic N) is 1. The summed E-state index contributed by atoms with van der Waals surface area (Å²) in [4.78, 5) is 13.4. The van der Waals surface area contributed by atoms with E-state index in [1.54, 1.807) is 28.7 Å². The molecule has 0 unspecified atom stereocenters. The first-order chi connectivity index (χ1) is 6.56. The number of aromatic amines is 1. The summed E-state index contributed by atoms with van der Waals surface area (Å²) in [6, 6.07) is 3.13. The maximum atomic E-state index is 12.4. The molecule has 0 fully saturated rings. The minimum atomic E-state index is -2.85. The first-order valence-electron chi connectivity index (χ1n) is 3.63. The standard InChI is InChI=1S/C8H5F2IN2O/c9-7(10)6-4(1-2-12)3-5(11)13-8(6)14/h3,7H,1H2,(H,13,14). The Bertz CT molecular complexity index is 436. The van der Waals surface area contributed by atoms with Gasteiger partial charge in [0.25, 0.3) is 12.0 Å². The Morgan fingerprint density at radius 2 is 2.29 bits per heavy atom. The molecule has 0 aliphatic rings. The predicted octanol–water partition coefficient (Wildman–Crippen LogP) is 1.98. The van der Waals surface area contributed by atoms with Crippen molar-refractivity contribution in [3.8, 4) is 6.07 Å². The minimum Gasteiger partial charge on any atom is -0.317 e. The fourth-order valence-electron chi connectivity index (χ4n) is 1.06. The van der Waals surface area contributed by atoms with Crippen LogP contribution in [0, 0.1) is 15.0 Å². The Balaban J connectivity index is 3.38. The van der Waals surface area contributed by atoms with Gasteiger partial charge >= 0.3 is 0 Å². The second-order valence-corrected chi connectivity index (χ2v) is 3.68. The molecule has 0 saturated heterocycles. The molecule has 1 heterocycles. The molecule has 0 aliphatic heterocycles. The maximum Gasteiger partial charge on any atom is 0.269 e. The number of halogens is 3. The fraction of sp³-hybridized carbons (Fsp3) is 0.250. The zero-order chi connectivity index (χ0) is 10.7. The number of hydrogen-bond acceptors (Lipinski definition) is 2. The van der Waals surface area contributed by atoms with Gasteiger partial charge in [0.15, 0.2) is 0 Å². The van der Waals surface area contributed by atoms with Crippen molar-refractivity contribution in [3.05, 3.63) is 31.2 Å². The Morgan fingerprint density at radius 1 is 1.64 bits per heavy atom. The zero-order valence-electron chi connectivity index (χ0n) is 6.85. The molecule has 0 aliphatic carbocycles. The van der Waals surface area contributed by atoms with Gasteiger partial charge in [-0.2, -0.15) is 5.26 Å². The third kappa shape index (κ3) is 2.29. The van der Waals surface area contributed by atoms with Crippen molar-refractivity contribution in [1.82, 2.24) is 4.98 Å². The molecule has 1 aromatic rings. The van der Waals surface area contributed by atoms with E-state index in [4.69, 9.17) is 5.26 Å². The van der Waals surface area contributed by atoms with E-state index in [1.807, 2.05) is 0 Å². The van der Waals surface area contributed by atoms with E-state index < -0.39 is 17.5 Å². The van der Waals surface area contributed by atoms with E-state index in [2.05, 4.69) is 4.98 Å². The van der Waals surface area contributed by atoms with E-state index in [0.717, 1.165) is 0 Å². The summed E-state index contributed by atoms with van der Waals surface area (Å²) in [5, 5.41) is 8.40. The summed E-state index contributed by atoms with van der Waals surface area (Å²) in [7, 11) is 0. The number of nitriles is 1. The highest BCUT2D eigenvalue weighted by Gasteiger charge is 2.17. The molecule has 0 atom stereocenters. The number of pyridine rings is 1. The molecule has 0 bridgehead atoms. The number of aromatic nitrogens is 1. The van der Waals surface area contributed by atoms with Crippen molar-refractivity contribution in [2.75, 3.05) is 0 Å². The lowest BCUT2D eigenvalue weighted by Gasteiger charge is -2.04. The van der Waals surface area contributed by atoms with Crippen LogP contribution in [0.15, 0.2) is 10.9 Å². The highest BCUT2D eigenvalue weighted by atomic mass is 127. The quantitative estimate of drug-likeness (QED) is 0.671. The van der Waals surface area contributed by atoms with Crippen LogP contribution in [0.4, 0.5) is 8.78 Å². The van der Waals surface area contributed by atoms with Gasteiger partial charge in [-0.1, -0.05) is 0 Å². The second-order valence-electron chi connectivity index (χ2n) is 2.52. The third-order valence-electron chi connectivity index (χ3n) is 1.61. The van der Waals surface area contributed by atoms with Crippen molar-refractivity contribution >= 4 is 22.6 Å². The van der Waals surface area contributed by atoms with Crippen LogP contribution in [0.3, 0.4) is 0 Å². The largest absolute Gasteiger partial charge is 0.317 e. The summed E-state index contributed by atoms with van der Waals surface area (Å²) in [5.74, 6) is 0. The van der Waals surface area contributed by atoms with E-state index in [-0.39, 0.29) is 12.0 Å². The third-order valence-corrected chi connectivity index (χ3v) is 2.19. The summed E-state index contributed by atoms with van der Waals surface area (Å²) in [5.41, 5.74) is -1.33. The van der Waals surface area contributed by atoms with Gasteiger partial charge < -0.3 is 4.98 Å². The lowest BCUT2D eigenvalue weighted by atomic mass is 10.1. The summed E-state index contributed by atoms with van der Waals surface area (Å²) in [6.07, 6.45) is -3.03. The molecule has 14 heavy (non-hydrogen) atoms. The van der Waals surface area contributed by atoms with E-state index in [0.29, 0.717) is 3.70 Å². The lowest BCUT2D eigenvalue weighted by Crippen LogP contribution is -2.17. The average Bonchev–Trinajstić information content (AvgIpc) is 2.01. The Hall–Kier alpha value is -0.970. The molecule has 1 aromatic heterocycles. The summed E-state index contributed by atoms with van der Waals surface area (Å²) >= 11 is 1.80. The number of H-pyrrole nitrogens is 1. The van der Waals surface area contributed by atoms with Crippen LogP contribution in [0.5, 0.6) is 0 Å². The molecule has 0 radical (unpaired) electrons. The molecular weight excluding hydrogens is 305 g/mol. The molecule has 0 saturated carbocycles. The average molecular weight is 310 g/mol. The van der Waals surface area contributed by atoms with Gasteiger partial charge in [-0.25, -0.2) is 8.78 Å². The highest BCUT2D eigenvalue weighted by molar-refractivity contribution is 14.1. The molecule has 0 amide bonds. The first kappa shape index (κ1) is 11.1. The van der Waals surface area contributed by atoms with Crippen molar-refractivity contribution in [1.29, 1.82) is 5.26 Å². The number of alkyl halides is 2. The molecule has 3 nitrogen and oxygen atoms in total. The minimum absolute atomic E-state index is 0.0932. The van der Waals surface area contributed by atoms with Gasteiger partial charge in [0, 0.05) is 0 Å². The lowest BCUT2D eigenvalue weighted by molar-refractivity contribution is 0.148. The first-order valence-corrected chi connectivity index (χ1v) is 4.71. The smallest absolute Gasteiger partial charge is 0.269 e. The van der Waals surface area contributed by atoms with Gasteiger partial charge in [0.1, 0.15) is 0 Å². The topological polar surface area (TPSA) is 56.6 Å².